The highest BCUT2D eigenvalue weighted by molar-refractivity contribution is 7.91. The molecule has 1 fully saturated rings. The molecule has 0 aliphatic heterocycles. The van der Waals surface area contributed by atoms with E-state index in [1.807, 2.05) is 0 Å². The summed E-state index contributed by atoms with van der Waals surface area (Å²) in [7, 11) is -3.53. The van der Waals surface area contributed by atoms with Crippen LogP contribution in [0.15, 0.2) is 41.3 Å². The van der Waals surface area contributed by atoms with Crippen LogP contribution in [0, 0.1) is 0 Å². The summed E-state index contributed by atoms with van der Waals surface area (Å²) in [6.07, 6.45) is -2.54. The number of rotatable bonds is 9. The van der Waals surface area contributed by atoms with Crippen LogP contribution in [0.3, 0.4) is 0 Å². The lowest BCUT2D eigenvalue weighted by molar-refractivity contribution is -0.141. The normalized spacial score (nSPS) is 14.7. The van der Waals surface area contributed by atoms with Gasteiger partial charge in [0, 0.05) is 31.1 Å². The average Bonchev–Trinajstić information content (AvgIpc) is 3.42. The zero-order chi connectivity index (χ0) is 21.1. The number of halogens is 3. The van der Waals surface area contributed by atoms with E-state index in [1.165, 1.54) is 16.8 Å². The maximum absolute atomic E-state index is 12.9. The molecule has 1 aliphatic rings. The van der Waals surface area contributed by atoms with E-state index in [9.17, 15) is 26.4 Å². The first-order valence-electron chi connectivity index (χ1n) is 9.36. The van der Waals surface area contributed by atoms with Crippen molar-refractivity contribution in [3.63, 3.8) is 0 Å². The fourth-order valence-corrected chi connectivity index (χ4v) is 4.24. The molecule has 3 rings (SSSR count). The Kier molecular flexibility index (Phi) is 6.30. The highest BCUT2D eigenvalue weighted by Crippen LogP contribution is 2.42. The summed E-state index contributed by atoms with van der Waals surface area (Å²) < 4.78 is 64.3. The van der Waals surface area contributed by atoms with Gasteiger partial charge in [-0.2, -0.15) is 18.3 Å². The Morgan fingerprint density at radius 1 is 1.21 bits per heavy atom. The van der Waals surface area contributed by atoms with Crippen molar-refractivity contribution in [3.8, 4) is 0 Å². The summed E-state index contributed by atoms with van der Waals surface area (Å²) >= 11 is 0. The van der Waals surface area contributed by atoms with Crippen molar-refractivity contribution in [2.75, 3.05) is 12.3 Å². The number of amides is 1. The van der Waals surface area contributed by atoms with E-state index >= 15 is 0 Å². The maximum Gasteiger partial charge on any atom is 0.435 e. The van der Waals surface area contributed by atoms with Crippen LogP contribution < -0.4 is 5.32 Å². The third-order valence-electron chi connectivity index (χ3n) is 4.67. The molecule has 29 heavy (non-hydrogen) atoms. The summed E-state index contributed by atoms with van der Waals surface area (Å²) in [5.41, 5.74) is -0.313. The molecule has 1 aromatic heterocycles. The summed E-state index contributed by atoms with van der Waals surface area (Å²) in [6, 6.07) is 8.99. The Bertz CT molecular complexity index is 952. The Labute approximate surface area is 167 Å². The fraction of sp³-hybridized carbons (Fsp3) is 0.474. The van der Waals surface area contributed by atoms with Crippen LogP contribution in [0.2, 0.25) is 0 Å². The predicted octanol–water partition coefficient (Wildman–Crippen LogP) is 3.15. The van der Waals surface area contributed by atoms with Gasteiger partial charge in [-0.15, -0.1) is 0 Å². The molecular formula is C19H22F3N3O3S. The number of carbonyl (C=O) groups excluding carboxylic acids is 1. The summed E-state index contributed by atoms with van der Waals surface area (Å²) in [5, 5.41) is 6.27. The van der Waals surface area contributed by atoms with Crippen LogP contribution in [0.25, 0.3) is 0 Å². The van der Waals surface area contributed by atoms with Crippen molar-refractivity contribution < 1.29 is 26.4 Å². The SMILES string of the molecule is O=C(CCS(=O)(=O)c1ccccc1)NCCCn1nc(C(F)(F)F)cc1C1CC1. The molecule has 0 radical (unpaired) electrons. The van der Waals surface area contributed by atoms with Gasteiger partial charge >= 0.3 is 6.18 Å². The van der Waals surface area contributed by atoms with Gasteiger partial charge in [0.2, 0.25) is 5.91 Å². The molecular weight excluding hydrogens is 407 g/mol. The topological polar surface area (TPSA) is 81.1 Å². The van der Waals surface area contributed by atoms with Gasteiger partial charge in [-0.3, -0.25) is 9.48 Å². The van der Waals surface area contributed by atoms with Crippen LogP contribution in [-0.2, 0) is 27.4 Å². The lowest BCUT2D eigenvalue weighted by Gasteiger charge is -2.08. The van der Waals surface area contributed by atoms with Crippen molar-refractivity contribution in [1.29, 1.82) is 0 Å². The molecule has 1 aliphatic carbocycles. The van der Waals surface area contributed by atoms with Crippen LogP contribution >= 0.6 is 0 Å². The molecule has 1 heterocycles. The van der Waals surface area contributed by atoms with Gasteiger partial charge in [0.05, 0.1) is 10.6 Å². The molecule has 158 valence electrons. The van der Waals surface area contributed by atoms with Gasteiger partial charge in [-0.25, -0.2) is 8.42 Å². The maximum atomic E-state index is 12.9. The number of alkyl halides is 3. The average molecular weight is 429 g/mol. The molecule has 6 nitrogen and oxygen atoms in total. The van der Waals surface area contributed by atoms with Crippen molar-refractivity contribution in [3.05, 3.63) is 47.8 Å². The number of sulfone groups is 1. The number of carbonyl (C=O) groups is 1. The minimum Gasteiger partial charge on any atom is -0.356 e. The largest absolute Gasteiger partial charge is 0.435 e. The van der Waals surface area contributed by atoms with Gasteiger partial charge in [-0.05, 0) is 37.5 Å². The molecule has 1 saturated carbocycles. The Balaban J connectivity index is 1.45. The molecule has 0 atom stereocenters. The molecule has 0 saturated heterocycles. The third-order valence-corrected chi connectivity index (χ3v) is 6.40. The standard InChI is InChI=1S/C19H22F3N3O3S/c20-19(21,22)17-13-16(14-7-8-14)25(24-17)11-4-10-23-18(26)9-12-29(27,28)15-5-2-1-3-6-15/h1-3,5-6,13-14H,4,7-12H2,(H,23,26). The second kappa shape index (κ2) is 8.56. The third kappa shape index (κ3) is 5.81. The lowest BCUT2D eigenvalue weighted by atomic mass is 10.2. The molecule has 0 spiro atoms. The van der Waals surface area contributed by atoms with Crippen molar-refractivity contribution in [2.24, 2.45) is 0 Å². The second-order valence-electron chi connectivity index (χ2n) is 7.04. The fourth-order valence-electron chi connectivity index (χ4n) is 2.97. The van der Waals surface area contributed by atoms with Gasteiger partial charge < -0.3 is 5.32 Å². The number of nitrogens with one attached hydrogen (secondary N) is 1. The molecule has 1 aromatic carbocycles. The molecule has 2 aromatic rings. The van der Waals surface area contributed by atoms with E-state index in [0.717, 1.165) is 18.9 Å². The van der Waals surface area contributed by atoms with Gasteiger partial charge in [-0.1, -0.05) is 18.2 Å². The van der Waals surface area contributed by atoms with E-state index in [1.54, 1.807) is 18.2 Å². The van der Waals surface area contributed by atoms with Gasteiger partial charge in [0.15, 0.2) is 15.5 Å². The van der Waals surface area contributed by atoms with Crippen LogP contribution in [0.4, 0.5) is 13.2 Å². The number of hydrogen-bond donors (Lipinski definition) is 1. The second-order valence-corrected chi connectivity index (χ2v) is 9.14. The molecule has 1 amide bonds. The number of nitrogens with zero attached hydrogens (tertiary/aromatic N) is 2. The van der Waals surface area contributed by atoms with E-state index < -0.39 is 27.6 Å². The number of benzene rings is 1. The van der Waals surface area contributed by atoms with E-state index in [2.05, 4.69) is 10.4 Å². The number of hydrogen-bond acceptors (Lipinski definition) is 4. The Morgan fingerprint density at radius 2 is 1.90 bits per heavy atom. The zero-order valence-corrected chi connectivity index (χ0v) is 16.5. The quantitative estimate of drug-likeness (QED) is 0.621. The van der Waals surface area contributed by atoms with Gasteiger partial charge in [0.1, 0.15) is 0 Å². The summed E-state index contributed by atoms with van der Waals surface area (Å²) in [6.45, 7) is 0.486. The summed E-state index contributed by atoms with van der Waals surface area (Å²) in [5.74, 6) is -0.595. The summed E-state index contributed by atoms with van der Waals surface area (Å²) in [4.78, 5) is 12.1. The minimum absolute atomic E-state index is 0.122. The van der Waals surface area contributed by atoms with Crippen molar-refractivity contribution in [1.82, 2.24) is 15.1 Å². The number of aromatic nitrogens is 2. The minimum atomic E-state index is -4.48. The molecule has 10 heteroatoms. The number of aryl methyl sites for hydroxylation is 1. The Morgan fingerprint density at radius 3 is 2.52 bits per heavy atom. The van der Waals surface area contributed by atoms with Crippen molar-refractivity contribution in [2.45, 2.75) is 49.2 Å². The molecule has 0 bridgehead atoms. The highest BCUT2D eigenvalue weighted by Gasteiger charge is 2.37. The first kappa shape index (κ1) is 21.4. The highest BCUT2D eigenvalue weighted by atomic mass is 32.2. The smallest absolute Gasteiger partial charge is 0.356 e. The first-order valence-corrected chi connectivity index (χ1v) is 11.0. The Hall–Kier alpha value is -2.36. The lowest BCUT2D eigenvalue weighted by Crippen LogP contribution is -2.27. The predicted molar refractivity (Wildman–Crippen MR) is 99.9 cm³/mol. The first-order chi connectivity index (χ1) is 13.7. The van der Waals surface area contributed by atoms with Crippen LogP contribution in [0.1, 0.15) is 43.0 Å². The van der Waals surface area contributed by atoms with E-state index in [-0.39, 0.29) is 36.1 Å². The molecule has 0 unspecified atom stereocenters. The van der Waals surface area contributed by atoms with E-state index in [0.29, 0.717) is 12.1 Å². The van der Waals surface area contributed by atoms with Crippen molar-refractivity contribution >= 4 is 15.7 Å². The zero-order valence-electron chi connectivity index (χ0n) is 15.7. The molecule has 1 N–H and O–H groups in total. The monoisotopic (exact) mass is 429 g/mol. The van der Waals surface area contributed by atoms with Crippen LogP contribution in [0.5, 0.6) is 0 Å². The van der Waals surface area contributed by atoms with Crippen LogP contribution in [-0.4, -0.2) is 36.4 Å². The van der Waals surface area contributed by atoms with E-state index in [4.69, 9.17) is 0 Å². The van der Waals surface area contributed by atoms with Gasteiger partial charge in [0.25, 0.3) is 0 Å².